The average Bonchev–Trinajstić information content (AvgIpc) is 2.38. The predicted octanol–water partition coefficient (Wildman–Crippen LogP) is 2.87. The quantitative estimate of drug-likeness (QED) is 0.469. The van der Waals surface area contributed by atoms with E-state index in [9.17, 15) is 4.79 Å². The molecule has 2 rings (SSSR count). The van der Waals surface area contributed by atoms with Crippen molar-refractivity contribution in [3.8, 4) is 11.8 Å². The topological polar surface area (TPSA) is 43.1 Å². The first kappa shape index (κ1) is 11.9. The summed E-state index contributed by atoms with van der Waals surface area (Å²) in [7, 11) is 0. The van der Waals surface area contributed by atoms with Crippen molar-refractivity contribution in [3.63, 3.8) is 0 Å². The van der Waals surface area contributed by atoms with Crippen LogP contribution in [0.25, 0.3) is 0 Å². The number of carbonyl (C=O) groups excluding carboxylic acids is 1. The number of benzene rings is 2. The number of Topliss-reactive ketones (excluding diaryl/α,β-unsaturated/α-hetero) is 1. The Morgan fingerprint density at radius 3 is 2.44 bits per heavy atom. The summed E-state index contributed by atoms with van der Waals surface area (Å²) >= 11 is 0. The Kier molecular flexibility index (Phi) is 3.45. The van der Waals surface area contributed by atoms with E-state index >= 15 is 0 Å². The molecule has 2 nitrogen and oxygen atoms in total. The van der Waals surface area contributed by atoms with Crippen molar-refractivity contribution in [2.45, 2.75) is 6.92 Å². The minimum atomic E-state index is 0.0118. The molecule has 0 bridgehead atoms. The van der Waals surface area contributed by atoms with Crippen LogP contribution in [0.3, 0.4) is 0 Å². The van der Waals surface area contributed by atoms with E-state index in [1.807, 2.05) is 30.3 Å². The second-order valence-corrected chi connectivity index (χ2v) is 3.97. The highest BCUT2D eigenvalue weighted by molar-refractivity contribution is 5.95. The summed E-state index contributed by atoms with van der Waals surface area (Å²) in [5.41, 5.74) is 8.66. The zero-order valence-electron chi connectivity index (χ0n) is 10.1. The van der Waals surface area contributed by atoms with Gasteiger partial charge in [0.2, 0.25) is 0 Å². The second kappa shape index (κ2) is 5.20. The first-order chi connectivity index (χ1) is 8.66. The molecule has 2 aromatic rings. The van der Waals surface area contributed by atoms with E-state index in [4.69, 9.17) is 5.73 Å². The second-order valence-electron chi connectivity index (χ2n) is 3.97. The minimum Gasteiger partial charge on any atom is -0.398 e. The number of rotatable bonds is 1. The molecule has 0 heterocycles. The lowest BCUT2D eigenvalue weighted by atomic mass is 10.1. The molecule has 2 N–H and O–H groups in total. The molecular weight excluding hydrogens is 222 g/mol. The van der Waals surface area contributed by atoms with Crippen LogP contribution in [0.1, 0.15) is 28.4 Å². The summed E-state index contributed by atoms with van der Waals surface area (Å²) in [6.07, 6.45) is 0. The molecule has 0 aliphatic heterocycles. The fourth-order valence-electron chi connectivity index (χ4n) is 1.54. The van der Waals surface area contributed by atoms with Crippen molar-refractivity contribution in [3.05, 3.63) is 65.2 Å². The largest absolute Gasteiger partial charge is 0.398 e. The summed E-state index contributed by atoms with van der Waals surface area (Å²) in [5, 5.41) is 0. The summed E-state index contributed by atoms with van der Waals surface area (Å²) in [6.45, 7) is 1.53. The van der Waals surface area contributed by atoms with Gasteiger partial charge in [-0.25, -0.2) is 0 Å². The van der Waals surface area contributed by atoms with Gasteiger partial charge in [-0.2, -0.15) is 0 Å². The Morgan fingerprint density at radius 1 is 1.06 bits per heavy atom. The van der Waals surface area contributed by atoms with Crippen molar-refractivity contribution in [1.82, 2.24) is 0 Å². The SMILES string of the molecule is CC(=O)c1ccc(N)c(C#Cc2ccccc2)c1. The summed E-state index contributed by atoms with van der Waals surface area (Å²) in [4.78, 5) is 11.3. The molecule has 0 saturated heterocycles. The fraction of sp³-hybridized carbons (Fsp3) is 0.0625. The lowest BCUT2D eigenvalue weighted by molar-refractivity contribution is 0.101. The van der Waals surface area contributed by atoms with Crippen molar-refractivity contribution in [2.24, 2.45) is 0 Å². The molecule has 2 heteroatoms. The molecule has 0 saturated carbocycles. The van der Waals surface area contributed by atoms with Gasteiger partial charge >= 0.3 is 0 Å². The van der Waals surface area contributed by atoms with Crippen molar-refractivity contribution < 1.29 is 4.79 Å². The van der Waals surface area contributed by atoms with E-state index in [-0.39, 0.29) is 5.78 Å². The Labute approximate surface area is 106 Å². The van der Waals surface area contributed by atoms with Gasteiger partial charge in [0.15, 0.2) is 5.78 Å². The lowest BCUT2D eigenvalue weighted by Crippen LogP contribution is -1.96. The molecule has 0 radical (unpaired) electrons. The molecule has 88 valence electrons. The highest BCUT2D eigenvalue weighted by Crippen LogP contribution is 2.13. The van der Waals surface area contributed by atoms with Gasteiger partial charge in [-0.15, -0.1) is 0 Å². The molecule has 0 aliphatic carbocycles. The van der Waals surface area contributed by atoms with Gasteiger partial charge in [0, 0.05) is 22.4 Å². The molecule has 0 spiro atoms. The van der Waals surface area contributed by atoms with E-state index in [1.165, 1.54) is 6.92 Å². The van der Waals surface area contributed by atoms with Gasteiger partial charge in [0.05, 0.1) is 0 Å². The maximum absolute atomic E-state index is 11.3. The molecule has 0 atom stereocenters. The third kappa shape index (κ3) is 2.78. The van der Waals surface area contributed by atoms with Crippen LogP contribution in [0.15, 0.2) is 48.5 Å². The van der Waals surface area contributed by atoms with Crippen LogP contribution in [0.2, 0.25) is 0 Å². The van der Waals surface area contributed by atoms with Crippen LogP contribution in [-0.2, 0) is 0 Å². The lowest BCUT2D eigenvalue weighted by Gasteiger charge is -2.00. The maximum Gasteiger partial charge on any atom is 0.159 e. The van der Waals surface area contributed by atoms with Crippen molar-refractivity contribution in [2.75, 3.05) is 5.73 Å². The maximum atomic E-state index is 11.3. The fourth-order valence-corrected chi connectivity index (χ4v) is 1.54. The van der Waals surface area contributed by atoms with E-state index in [0.29, 0.717) is 16.8 Å². The van der Waals surface area contributed by atoms with Gasteiger partial charge < -0.3 is 5.73 Å². The molecule has 0 fully saturated rings. The summed E-state index contributed by atoms with van der Waals surface area (Å²) < 4.78 is 0. The highest BCUT2D eigenvalue weighted by Gasteiger charge is 2.02. The highest BCUT2D eigenvalue weighted by atomic mass is 16.1. The Balaban J connectivity index is 2.38. The van der Waals surface area contributed by atoms with Crippen LogP contribution in [0.5, 0.6) is 0 Å². The first-order valence-electron chi connectivity index (χ1n) is 5.64. The van der Waals surface area contributed by atoms with E-state index in [0.717, 1.165) is 5.56 Å². The molecule has 0 unspecified atom stereocenters. The van der Waals surface area contributed by atoms with Crippen molar-refractivity contribution in [1.29, 1.82) is 0 Å². The Morgan fingerprint density at radius 2 is 1.78 bits per heavy atom. The van der Waals surface area contributed by atoms with Crippen LogP contribution in [0, 0.1) is 11.8 Å². The predicted molar refractivity (Wildman–Crippen MR) is 73.3 cm³/mol. The third-order valence-electron chi connectivity index (χ3n) is 2.58. The number of nitrogens with two attached hydrogens (primary N) is 1. The molecule has 0 aliphatic rings. The minimum absolute atomic E-state index is 0.0118. The normalized spacial score (nSPS) is 9.39. The van der Waals surface area contributed by atoms with E-state index in [2.05, 4.69) is 11.8 Å². The molecule has 0 amide bonds. The smallest absolute Gasteiger partial charge is 0.159 e. The number of hydrogen-bond donors (Lipinski definition) is 1. The van der Waals surface area contributed by atoms with E-state index in [1.54, 1.807) is 18.2 Å². The number of carbonyl (C=O) groups is 1. The Bertz CT molecular complexity index is 633. The van der Waals surface area contributed by atoms with E-state index < -0.39 is 0 Å². The monoisotopic (exact) mass is 235 g/mol. The van der Waals surface area contributed by atoms with Gasteiger partial charge in [-0.3, -0.25) is 4.79 Å². The van der Waals surface area contributed by atoms with Crippen LogP contribution >= 0.6 is 0 Å². The zero-order valence-corrected chi connectivity index (χ0v) is 10.1. The van der Waals surface area contributed by atoms with Gasteiger partial charge in [0.1, 0.15) is 0 Å². The van der Waals surface area contributed by atoms with Crippen LogP contribution < -0.4 is 5.73 Å². The number of ketones is 1. The number of anilines is 1. The average molecular weight is 235 g/mol. The molecule has 2 aromatic carbocycles. The first-order valence-corrected chi connectivity index (χ1v) is 5.64. The summed E-state index contributed by atoms with van der Waals surface area (Å²) in [6, 6.07) is 14.8. The zero-order chi connectivity index (χ0) is 13.0. The van der Waals surface area contributed by atoms with Crippen LogP contribution in [-0.4, -0.2) is 5.78 Å². The van der Waals surface area contributed by atoms with Crippen LogP contribution in [0.4, 0.5) is 5.69 Å². The number of nitrogen functional groups attached to an aromatic ring is 1. The molecule has 0 aromatic heterocycles. The molecular formula is C16H13NO. The van der Waals surface area contributed by atoms with Gasteiger partial charge in [0.25, 0.3) is 0 Å². The standard InChI is InChI=1S/C16H13NO/c1-12(18)14-9-10-16(17)15(11-14)8-7-13-5-3-2-4-6-13/h2-6,9-11H,17H2,1H3. The van der Waals surface area contributed by atoms with Gasteiger partial charge in [-0.1, -0.05) is 30.0 Å². The third-order valence-corrected chi connectivity index (χ3v) is 2.58. The molecule has 18 heavy (non-hydrogen) atoms. The number of hydrogen-bond acceptors (Lipinski definition) is 2. The Hall–Kier alpha value is -2.53. The van der Waals surface area contributed by atoms with Crippen molar-refractivity contribution >= 4 is 11.5 Å². The van der Waals surface area contributed by atoms with Gasteiger partial charge in [-0.05, 0) is 37.3 Å². The summed E-state index contributed by atoms with van der Waals surface area (Å²) in [5.74, 6) is 6.04.